The Morgan fingerprint density at radius 1 is 1.20 bits per heavy atom. The van der Waals surface area contributed by atoms with Crippen molar-refractivity contribution in [2.45, 2.75) is 13.3 Å². The fourth-order valence-corrected chi connectivity index (χ4v) is 1.82. The molecular weight excluding hydrogens is 256 g/mol. The Bertz CT molecular complexity index is 591. The van der Waals surface area contributed by atoms with Crippen molar-refractivity contribution in [3.05, 3.63) is 53.9 Å². The molecule has 0 atom stereocenters. The molecule has 2 rings (SSSR count). The van der Waals surface area contributed by atoms with Gasteiger partial charge in [-0.25, -0.2) is 4.79 Å². The first-order chi connectivity index (χ1) is 9.70. The summed E-state index contributed by atoms with van der Waals surface area (Å²) >= 11 is 0. The number of amides is 1. The van der Waals surface area contributed by atoms with Crippen LogP contribution in [0.4, 0.5) is 5.69 Å². The summed E-state index contributed by atoms with van der Waals surface area (Å²) in [7, 11) is 0. The number of aromatic nitrogens is 1. The van der Waals surface area contributed by atoms with E-state index in [0.29, 0.717) is 17.9 Å². The Hall–Kier alpha value is -2.56. The zero-order chi connectivity index (χ0) is 14.4. The van der Waals surface area contributed by atoms with Crippen LogP contribution in [0.5, 0.6) is 0 Å². The van der Waals surface area contributed by atoms with E-state index in [9.17, 15) is 9.59 Å². The van der Waals surface area contributed by atoms with Crippen LogP contribution in [0.25, 0.3) is 0 Å². The van der Waals surface area contributed by atoms with Gasteiger partial charge in [0.05, 0.1) is 24.3 Å². The number of hydrogen-bond acceptors (Lipinski definition) is 3. The molecule has 0 aliphatic rings. The second-order valence-electron chi connectivity index (χ2n) is 4.19. The second-order valence-corrected chi connectivity index (χ2v) is 4.19. The lowest BCUT2D eigenvalue weighted by molar-refractivity contribution is -0.115. The van der Waals surface area contributed by atoms with Gasteiger partial charge in [-0.3, -0.25) is 4.79 Å². The fraction of sp³-hybridized carbons (Fsp3) is 0.200. The molecule has 2 aromatic rings. The minimum Gasteiger partial charge on any atom is -0.462 e. The van der Waals surface area contributed by atoms with E-state index in [1.807, 2.05) is 12.1 Å². The van der Waals surface area contributed by atoms with Crippen LogP contribution >= 0.6 is 0 Å². The van der Waals surface area contributed by atoms with E-state index in [4.69, 9.17) is 4.74 Å². The summed E-state index contributed by atoms with van der Waals surface area (Å²) in [5, 5.41) is 2.73. The monoisotopic (exact) mass is 272 g/mol. The SMILES string of the molecule is CCOC(=O)c1ccccc1NC(=O)Cc1ccc[nH]1. The molecule has 0 spiro atoms. The van der Waals surface area contributed by atoms with Crippen molar-refractivity contribution >= 4 is 17.6 Å². The van der Waals surface area contributed by atoms with E-state index in [2.05, 4.69) is 10.3 Å². The van der Waals surface area contributed by atoms with Crippen molar-refractivity contribution in [1.82, 2.24) is 4.98 Å². The number of anilines is 1. The van der Waals surface area contributed by atoms with Gasteiger partial charge in [-0.15, -0.1) is 0 Å². The molecule has 0 aliphatic carbocycles. The minimum atomic E-state index is -0.441. The first kappa shape index (κ1) is 13.9. The van der Waals surface area contributed by atoms with Crippen LogP contribution in [0.15, 0.2) is 42.6 Å². The molecule has 1 heterocycles. The van der Waals surface area contributed by atoms with Crippen molar-refractivity contribution in [3.63, 3.8) is 0 Å². The predicted molar refractivity (Wildman–Crippen MR) is 75.5 cm³/mol. The van der Waals surface area contributed by atoms with Crippen molar-refractivity contribution in [2.24, 2.45) is 0 Å². The number of esters is 1. The number of aromatic amines is 1. The van der Waals surface area contributed by atoms with E-state index in [0.717, 1.165) is 5.69 Å². The molecule has 1 aromatic heterocycles. The van der Waals surface area contributed by atoms with Crippen LogP contribution < -0.4 is 5.32 Å². The topological polar surface area (TPSA) is 71.2 Å². The van der Waals surface area contributed by atoms with Gasteiger partial charge in [0, 0.05) is 11.9 Å². The highest BCUT2D eigenvalue weighted by molar-refractivity contribution is 6.01. The first-order valence-electron chi connectivity index (χ1n) is 6.39. The van der Waals surface area contributed by atoms with E-state index in [1.54, 1.807) is 37.4 Å². The molecule has 5 heteroatoms. The molecule has 0 unspecified atom stereocenters. The number of benzene rings is 1. The lowest BCUT2D eigenvalue weighted by Crippen LogP contribution is -2.17. The number of ether oxygens (including phenoxy) is 1. The van der Waals surface area contributed by atoms with Gasteiger partial charge in [0.2, 0.25) is 5.91 Å². The largest absolute Gasteiger partial charge is 0.462 e. The lowest BCUT2D eigenvalue weighted by atomic mass is 10.1. The number of carbonyl (C=O) groups excluding carboxylic acids is 2. The molecule has 0 fully saturated rings. The summed E-state index contributed by atoms with van der Waals surface area (Å²) in [6.45, 7) is 2.04. The molecule has 0 aliphatic heterocycles. The summed E-state index contributed by atoms with van der Waals surface area (Å²) < 4.78 is 4.96. The van der Waals surface area contributed by atoms with Gasteiger partial charge >= 0.3 is 5.97 Å². The molecule has 0 saturated heterocycles. The number of nitrogens with one attached hydrogen (secondary N) is 2. The first-order valence-corrected chi connectivity index (χ1v) is 6.39. The third-order valence-corrected chi connectivity index (χ3v) is 2.71. The maximum absolute atomic E-state index is 11.9. The van der Waals surface area contributed by atoms with Gasteiger partial charge < -0.3 is 15.0 Å². The highest BCUT2D eigenvalue weighted by atomic mass is 16.5. The van der Waals surface area contributed by atoms with Crippen LogP contribution in [-0.4, -0.2) is 23.5 Å². The van der Waals surface area contributed by atoms with Gasteiger partial charge in [-0.05, 0) is 31.2 Å². The molecule has 104 valence electrons. The Morgan fingerprint density at radius 3 is 2.70 bits per heavy atom. The van der Waals surface area contributed by atoms with Crippen molar-refractivity contribution in [3.8, 4) is 0 Å². The van der Waals surface area contributed by atoms with Crippen molar-refractivity contribution in [2.75, 3.05) is 11.9 Å². The Morgan fingerprint density at radius 2 is 2.00 bits per heavy atom. The summed E-state index contributed by atoms with van der Waals surface area (Å²) in [4.78, 5) is 26.7. The third kappa shape index (κ3) is 3.47. The van der Waals surface area contributed by atoms with E-state index in [1.165, 1.54) is 0 Å². The lowest BCUT2D eigenvalue weighted by Gasteiger charge is -2.09. The fourth-order valence-electron chi connectivity index (χ4n) is 1.82. The molecule has 1 amide bonds. The van der Waals surface area contributed by atoms with Crippen LogP contribution in [0, 0.1) is 0 Å². The second kappa shape index (κ2) is 6.56. The van der Waals surface area contributed by atoms with Gasteiger partial charge in [0.15, 0.2) is 0 Å². The maximum atomic E-state index is 11.9. The van der Waals surface area contributed by atoms with Gasteiger partial charge in [-0.1, -0.05) is 12.1 Å². The maximum Gasteiger partial charge on any atom is 0.340 e. The molecule has 0 bridgehead atoms. The normalized spacial score (nSPS) is 10.1. The summed E-state index contributed by atoms with van der Waals surface area (Å²) in [6, 6.07) is 10.5. The summed E-state index contributed by atoms with van der Waals surface area (Å²) in [5.74, 6) is -0.632. The van der Waals surface area contributed by atoms with E-state index >= 15 is 0 Å². The quantitative estimate of drug-likeness (QED) is 0.821. The van der Waals surface area contributed by atoms with E-state index < -0.39 is 5.97 Å². The number of para-hydroxylation sites is 1. The highest BCUT2D eigenvalue weighted by Crippen LogP contribution is 2.16. The molecule has 20 heavy (non-hydrogen) atoms. The molecule has 2 N–H and O–H groups in total. The molecular formula is C15H16N2O3. The molecule has 5 nitrogen and oxygen atoms in total. The zero-order valence-electron chi connectivity index (χ0n) is 11.2. The summed E-state index contributed by atoms with van der Waals surface area (Å²) in [6.07, 6.45) is 1.99. The third-order valence-electron chi connectivity index (χ3n) is 2.71. The van der Waals surface area contributed by atoms with Crippen LogP contribution in [0.2, 0.25) is 0 Å². The Kier molecular flexibility index (Phi) is 4.55. The predicted octanol–water partition coefficient (Wildman–Crippen LogP) is 2.37. The van der Waals surface area contributed by atoms with Crippen LogP contribution in [-0.2, 0) is 16.0 Å². The number of H-pyrrole nitrogens is 1. The number of carbonyl (C=O) groups is 2. The molecule has 0 saturated carbocycles. The zero-order valence-corrected chi connectivity index (χ0v) is 11.2. The Balaban J connectivity index is 2.09. The minimum absolute atomic E-state index is 0.191. The van der Waals surface area contributed by atoms with Crippen molar-refractivity contribution in [1.29, 1.82) is 0 Å². The highest BCUT2D eigenvalue weighted by Gasteiger charge is 2.14. The van der Waals surface area contributed by atoms with E-state index in [-0.39, 0.29) is 12.3 Å². The summed E-state index contributed by atoms with van der Waals surface area (Å²) in [5.41, 5.74) is 1.63. The molecule has 1 aromatic carbocycles. The average Bonchev–Trinajstić information content (AvgIpc) is 2.92. The average molecular weight is 272 g/mol. The van der Waals surface area contributed by atoms with Gasteiger partial charge in [-0.2, -0.15) is 0 Å². The Labute approximate surface area is 117 Å². The van der Waals surface area contributed by atoms with Gasteiger partial charge in [0.1, 0.15) is 0 Å². The number of hydrogen-bond donors (Lipinski definition) is 2. The van der Waals surface area contributed by atoms with Crippen molar-refractivity contribution < 1.29 is 14.3 Å². The standard InChI is InChI=1S/C15H16N2O3/c1-2-20-15(19)12-7-3-4-8-13(12)17-14(18)10-11-6-5-9-16-11/h3-9,16H,2,10H2,1H3,(H,17,18). The smallest absolute Gasteiger partial charge is 0.340 e. The van der Waals surface area contributed by atoms with Crippen LogP contribution in [0.1, 0.15) is 23.0 Å². The van der Waals surface area contributed by atoms with Crippen LogP contribution in [0.3, 0.4) is 0 Å². The molecule has 0 radical (unpaired) electrons. The number of rotatable bonds is 5. The van der Waals surface area contributed by atoms with Gasteiger partial charge in [0.25, 0.3) is 0 Å².